The van der Waals surface area contributed by atoms with E-state index in [0.717, 1.165) is 29.2 Å². The first-order chi connectivity index (χ1) is 8.02. The third-order valence-corrected chi connectivity index (χ3v) is 3.54. The van der Waals surface area contributed by atoms with Gasteiger partial charge in [-0.3, -0.25) is 0 Å². The fourth-order valence-electron chi connectivity index (χ4n) is 1.98. The van der Waals surface area contributed by atoms with Crippen molar-refractivity contribution in [3.63, 3.8) is 0 Å². The number of hydrogen-bond acceptors (Lipinski definition) is 3. The maximum Gasteiger partial charge on any atom is 1.00 e. The summed E-state index contributed by atoms with van der Waals surface area (Å²) in [5.74, 6) is 0. The van der Waals surface area contributed by atoms with Crippen LogP contribution in [0.3, 0.4) is 0 Å². The van der Waals surface area contributed by atoms with Gasteiger partial charge in [-0.1, -0.05) is 37.6 Å². The number of benzene rings is 2. The first-order valence-corrected chi connectivity index (χ1v) is 6.91. The van der Waals surface area contributed by atoms with E-state index >= 15 is 0 Å². The van der Waals surface area contributed by atoms with Crippen molar-refractivity contribution < 1.29 is 64.4 Å². The molecule has 3 nitrogen and oxygen atoms in total. The van der Waals surface area contributed by atoms with E-state index in [1.807, 2.05) is 31.2 Å². The van der Waals surface area contributed by atoms with Gasteiger partial charge in [0, 0.05) is 0 Å². The molecule has 0 heterocycles. The van der Waals surface area contributed by atoms with E-state index in [0.29, 0.717) is 0 Å². The Balaban J connectivity index is 0.00000162. The van der Waals surface area contributed by atoms with Gasteiger partial charge in [-0.25, -0.2) is 8.42 Å². The van der Waals surface area contributed by atoms with E-state index in [1.165, 1.54) is 12.1 Å². The summed E-state index contributed by atoms with van der Waals surface area (Å²) < 4.78 is 33.2. The van der Waals surface area contributed by atoms with Crippen molar-refractivity contribution in [2.24, 2.45) is 0 Å². The van der Waals surface area contributed by atoms with Crippen molar-refractivity contribution in [2.75, 3.05) is 0 Å². The molecule has 0 bridgehead atoms. The van der Waals surface area contributed by atoms with Crippen LogP contribution in [0.4, 0.5) is 0 Å². The SMILES string of the molecule is CCCc1cc(S(=O)(=O)[O-])cc2ccccc12.[K+]. The largest absolute Gasteiger partial charge is 1.00 e. The van der Waals surface area contributed by atoms with Gasteiger partial charge in [-0.15, -0.1) is 0 Å². The fraction of sp³-hybridized carbons (Fsp3) is 0.231. The van der Waals surface area contributed by atoms with E-state index < -0.39 is 10.1 Å². The summed E-state index contributed by atoms with van der Waals surface area (Å²) in [7, 11) is -4.39. The summed E-state index contributed by atoms with van der Waals surface area (Å²) in [5, 5.41) is 1.81. The molecular formula is C13H13KO3S. The van der Waals surface area contributed by atoms with E-state index in [4.69, 9.17) is 0 Å². The Kier molecular flexibility index (Phi) is 5.98. The zero-order valence-electron chi connectivity index (χ0n) is 10.5. The Hall–Kier alpha value is 0.246. The normalized spacial score (nSPS) is 11.2. The molecular weight excluding hydrogens is 275 g/mol. The molecule has 0 saturated heterocycles. The van der Waals surface area contributed by atoms with E-state index in [-0.39, 0.29) is 56.3 Å². The molecule has 5 heteroatoms. The molecule has 0 aliphatic rings. The molecule has 0 spiro atoms. The minimum Gasteiger partial charge on any atom is -0.744 e. The molecule has 18 heavy (non-hydrogen) atoms. The maximum atomic E-state index is 11.1. The van der Waals surface area contributed by atoms with E-state index in [1.54, 1.807) is 0 Å². The Bertz CT molecular complexity index is 650. The van der Waals surface area contributed by atoms with Gasteiger partial charge in [0.15, 0.2) is 0 Å². The minimum atomic E-state index is -4.39. The molecule has 2 aromatic rings. The van der Waals surface area contributed by atoms with Crippen molar-refractivity contribution >= 4 is 20.9 Å². The quantitative estimate of drug-likeness (QED) is 0.575. The van der Waals surface area contributed by atoms with Gasteiger partial charge in [0.2, 0.25) is 0 Å². The second kappa shape index (κ2) is 6.61. The summed E-state index contributed by atoms with van der Waals surface area (Å²) in [6.07, 6.45) is 1.68. The van der Waals surface area contributed by atoms with Gasteiger partial charge in [-0.05, 0) is 34.9 Å². The van der Waals surface area contributed by atoms with Gasteiger partial charge in [0.1, 0.15) is 10.1 Å². The second-order valence-corrected chi connectivity index (χ2v) is 5.39. The zero-order chi connectivity index (χ0) is 12.5. The molecule has 0 aliphatic carbocycles. The summed E-state index contributed by atoms with van der Waals surface area (Å²) in [5.41, 5.74) is 0.917. The number of aryl methyl sites for hydroxylation is 1. The summed E-state index contributed by atoms with van der Waals surface area (Å²) >= 11 is 0. The molecule has 0 unspecified atom stereocenters. The fourth-order valence-corrected chi connectivity index (χ4v) is 2.54. The van der Waals surface area contributed by atoms with Crippen LogP contribution in [-0.4, -0.2) is 13.0 Å². The van der Waals surface area contributed by atoms with Crippen LogP contribution in [0.15, 0.2) is 41.3 Å². The van der Waals surface area contributed by atoms with Crippen LogP contribution in [0, 0.1) is 0 Å². The van der Waals surface area contributed by atoms with Gasteiger partial charge < -0.3 is 4.55 Å². The molecule has 2 rings (SSSR count). The van der Waals surface area contributed by atoms with Gasteiger partial charge >= 0.3 is 51.4 Å². The first-order valence-electron chi connectivity index (χ1n) is 5.50. The number of fused-ring (bicyclic) bond motifs is 1. The van der Waals surface area contributed by atoms with Crippen LogP contribution in [-0.2, 0) is 16.5 Å². The van der Waals surface area contributed by atoms with Gasteiger partial charge in [0.05, 0.1) is 4.90 Å². The smallest absolute Gasteiger partial charge is 0.744 e. The van der Waals surface area contributed by atoms with Crippen molar-refractivity contribution in [1.29, 1.82) is 0 Å². The van der Waals surface area contributed by atoms with Crippen LogP contribution >= 0.6 is 0 Å². The standard InChI is InChI=1S/C13H14O3S.K/c1-2-5-10-8-12(17(14,15)16)9-11-6-3-4-7-13(10)11;/h3-4,6-9H,2,5H2,1H3,(H,14,15,16);/q;+1/p-1. The summed E-state index contributed by atoms with van der Waals surface area (Å²) in [6, 6.07) is 10.4. The molecule has 0 aromatic heterocycles. The predicted molar refractivity (Wildman–Crippen MR) is 65.9 cm³/mol. The average Bonchev–Trinajstić information content (AvgIpc) is 2.28. The van der Waals surface area contributed by atoms with E-state index in [9.17, 15) is 13.0 Å². The molecule has 0 aliphatic heterocycles. The van der Waals surface area contributed by atoms with E-state index in [2.05, 4.69) is 0 Å². The van der Waals surface area contributed by atoms with Crippen molar-refractivity contribution in [3.8, 4) is 0 Å². The van der Waals surface area contributed by atoms with Crippen molar-refractivity contribution in [2.45, 2.75) is 24.7 Å². The monoisotopic (exact) mass is 288 g/mol. The first kappa shape index (κ1) is 16.3. The molecule has 0 N–H and O–H groups in total. The minimum absolute atomic E-state index is 0. The van der Waals surface area contributed by atoms with Crippen LogP contribution in [0.2, 0.25) is 0 Å². The Morgan fingerprint density at radius 1 is 1.17 bits per heavy atom. The molecule has 90 valence electrons. The Morgan fingerprint density at radius 2 is 1.83 bits per heavy atom. The predicted octanol–water partition coefficient (Wildman–Crippen LogP) is -0.300. The second-order valence-electron chi connectivity index (χ2n) is 4.01. The summed E-state index contributed by atoms with van der Waals surface area (Å²) in [6.45, 7) is 2.02. The van der Waals surface area contributed by atoms with Crippen LogP contribution in [0.1, 0.15) is 18.9 Å². The van der Waals surface area contributed by atoms with Crippen LogP contribution < -0.4 is 51.4 Å². The van der Waals surface area contributed by atoms with Crippen molar-refractivity contribution in [1.82, 2.24) is 0 Å². The third-order valence-electron chi connectivity index (χ3n) is 2.73. The molecule has 2 aromatic carbocycles. The molecule has 0 fully saturated rings. The Labute approximate surface area is 150 Å². The number of rotatable bonds is 3. The average molecular weight is 288 g/mol. The molecule has 0 atom stereocenters. The number of hydrogen-bond donors (Lipinski definition) is 0. The zero-order valence-corrected chi connectivity index (χ0v) is 14.5. The molecule has 0 radical (unpaired) electrons. The van der Waals surface area contributed by atoms with Gasteiger partial charge in [0.25, 0.3) is 0 Å². The molecule has 0 saturated carbocycles. The van der Waals surface area contributed by atoms with Crippen LogP contribution in [0.5, 0.6) is 0 Å². The Morgan fingerprint density at radius 3 is 2.44 bits per heavy atom. The molecule has 0 amide bonds. The van der Waals surface area contributed by atoms with Gasteiger partial charge in [-0.2, -0.15) is 0 Å². The maximum absolute atomic E-state index is 11.1. The third kappa shape index (κ3) is 3.63. The van der Waals surface area contributed by atoms with Crippen LogP contribution in [0.25, 0.3) is 10.8 Å². The summed E-state index contributed by atoms with van der Waals surface area (Å²) in [4.78, 5) is -0.139. The topological polar surface area (TPSA) is 57.2 Å². The van der Waals surface area contributed by atoms with Crippen molar-refractivity contribution in [3.05, 3.63) is 42.0 Å².